The van der Waals surface area contributed by atoms with Gasteiger partial charge in [-0.25, -0.2) is 21.6 Å². The van der Waals surface area contributed by atoms with Crippen molar-refractivity contribution < 1.29 is 26.4 Å². The highest BCUT2D eigenvalue weighted by atomic mass is 32.2. The van der Waals surface area contributed by atoms with Crippen LogP contribution in [0.5, 0.6) is 0 Å². The van der Waals surface area contributed by atoms with Gasteiger partial charge in [0, 0.05) is 12.6 Å². The minimum Gasteiger partial charge on any atom is -0.333 e. The predicted octanol–water partition coefficient (Wildman–Crippen LogP) is 2.56. The van der Waals surface area contributed by atoms with Gasteiger partial charge in [0.25, 0.3) is 12.3 Å². The molecule has 2 fully saturated rings. The Morgan fingerprint density at radius 2 is 2.00 bits per heavy atom. The summed E-state index contributed by atoms with van der Waals surface area (Å²) in [6, 6.07) is 2.83. The average Bonchev–Trinajstić information content (AvgIpc) is 2.97. The Bertz CT molecular complexity index is 735. The van der Waals surface area contributed by atoms with Crippen LogP contribution in [0.3, 0.4) is 0 Å². The summed E-state index contributed by atoms with van der Waals surface area (Å²) in [6.45, 7) is -0.0271. The molecule has 0 N–H and O–H groups in total. The number of amides is 1. The smallest absolute Gasteiger partial charge is 0.266 e. The third-order valence-corrected chi connectivity index (χ3v) is 6.87. The van der Waals surface area contributed by atoms with Gasteiger partial charge in [0.2, 0.25) is 0 Å². The van der Waals surface area contributed by atoms with Gasteiger partial charge in [-0.05, 0) is 25.3 Å². The number of hydrogen-bond donors (Lipinski definition) is 0. The molecule has 1 saturated heterocycles. The topological polar surface area (TPSA) is 54.5 Å². The Balaban J connectivity index is 1.94. The van der Waals surface area contributed by atoms with E-state index in [1.165, 1.54) is 11.0 Å². The van der Waals surface area contributed by atoms with Gasteiger partial charge in [-0.1, -0.05) is 12.1 Å². The van der Waals surface area contributed by atoms with Crippen molar-refractivity contribution in [1.29, 1.82) is 0 Å². The van der Waals surface area contributed by atoms with Crippen LogP contribution in [0.2, 0.25) is 0 Å². The van der Waals surface area contributed by atoms with Crippen molar-refractivity contribution in [3.05, 3.63) is 35.1 Å². The van der Waals surface area contributed by atoms with E-state index in [9.17, 15) is 26.4 Å². The third kappa shape index (κ3) is 2.73. The van der Waals surface area contributed by atoms with Gasteiger partial charge in [-0.2, -0.15) is 0 Å². The zero-order chi connectivity index (χ0) is 16.8. The van der Waals surface area contributed by atoms with Crippen LogP contribution < -0.4 is 0 Å². The van der Waals surface area contributed by atoms with Crippen LogP contribution in [0.4, 0.5) is 13.2 Å². The van der Waals surface area contributed by atoms with Crippen LogP contribution in [-0.4, -0.2) is 42.8 Å². The molecule has 2 aliphatic rings. The first kappa shape index (κ1) is 16.3. The zero-order valence-corrected chi connectivity index (χ0v) is 13.0. The molecule has 1 aromatic carbocycles. The van der Waals surface area contributed by atoms with Crippen LogP contribution in [0.1, 0.15) is 41.6 Å². The summed E-state index contributed by atoms with van der Waals surface area (Å²) in [5.41, 5.74) is -1.24. The molecule has 1 saturated carbocycles. The first-order chi connectivity index (χ1) is 10.8. The maximum absolute atomic E-state index is 14.2. The highest BCUT2D eigenvalue weighted by Gasteiger charge is 2.46. The monoisotopic (exact) mass is 347 g/mol. The van der Waals surface area contributed by atoms with Gasteiger partial charge in [-0.15, -0.1) is 0 Å². The lowest BCUT2D eigenvalue weighted by Crippen LogP contribution is -2.54. The fourth-order valence-corrected chi connectivity index (χ4v) is 5.56. The van der Waals surface area contributed by atoms with Crippen LogP contribution in [0, 0.1) is 5.82 Å². The molecule has 2 atom stereocenters. The van der Waals surface area contributed by atoms with Crippen molar-refractivity contribution in [2.45, 2.75) is 37.0 Å². The molecule has 1 aliphatic heterocycles. The number of halogens is 3. The Morgan fingerprint density at radius 1 is 1.26 bits per heavy atom. The number of sulfone groups is 1. The summed E-state index contributed by atoms with van der Waals surface area (Å²) in [5, 5.41) is -0.624. The molecule has 1 aliphatic carbocycles. The fourth-order valence-electron chi connectivity index (χ4n) is 3.52. The van der Waals surface area contributed by atoms with Gasteiger partial charge in [-0.3, -0.25) is 4.79 Å². The summed E-state index contributed by atoms with van der Waals surface area (Å²) < 4.78 is 63.9. The van der Waals surface area contributed by atoms with Crippen molar-refractivity contribution in [2.75, 3.05) is 12.3 Å². The van der Waals surface area contributed by atoms with Gasteiger partial charge >= 0.3 is 0 Å². The predicted molar refractivity (Wildman–Crippen MR) is 77.6 cm³/mol. The number of carbonyl (C=O) groups is 1. The van der Waals surface area contributed by atoms with Crippen LogP contribution in [-0.2, 0) is 9.84 Å². The molecular weight excluding hydrogens is 331 g/mol. The van der Waals surface area contributed by atoms with Crippen LogP contribution >= 0.6 is 0 Å². The van der Waals surface area contributed by atoms with E-state index in [-0.39, 0.29) is 12.3 Å². The number of rotatable bonds is 2. The summed E-state index contributed by atoms with van der Waals surface area (Å²) in [7, 11) is -3.25. The number of alkyl halides is 2. The fraction of sp³-hybridized carbons (Fsp3) is 0.533. The van der Waals surface area contributed by atoms with E-state index in [0.717, 1.165) is 12.1 Å². The Morgan fingerprint density at radius 3 is 2.70 bits per heavy atom. The van der Waals surface area contributed by atoms with Crippen LogP contribution in [0.15, 0.2) is 18.2 Å². The maximum atomic E-state index is 14.2. The Hall–Kier alpha value is -1.57. The second kappa shape index (κ2) is 5.81. The minimum atomic E-state index is -3.25. The minimum absolute atomic E-state index is 0.0271. The molecule has 2 unspecified atom stereocenters. The van der Waals surface area contributed by atoms with Gasteiger partial charge < -0.3 is 4.90 Å². The SMILES string of the molecule is O=C(c1cccc(C(F)F)c1F)N1CCS(=O)(=O)C2CCCC21. The van der Waals surface area contributed by atoms with Crippen molar-refractivity contribution >= 4 is 15.7 Å². The van der Waals surface area contributed by atoms with Crippen LogP contribution in [0.25, 0.3) is 0 Å². The molecule has 3 rings (SSSR count). The highest BCUT2D eigenvalue weighted by Crippen LogP contribution is 2.35. The van der Waals surface area contributed by atoms with Crippen molar-refractivity contribution in [3.63, 3.8) is 0 Å². The highest BCUT2D eigenvalue weighted by molar-refractivity contribution is 7.92. The van der Waals surface area contributed by atoms with E-state index in [0.29, 0.717) is 19.3 Å². The van der Waals surface area contributed by atoms with Gasteiger partial charge in [0.05, 0.1) is 22.1 Å². The summed E-state index contributed by atoms with van der Waals surface area (Å²) in [5.74, 6) is -2.11. The number of hydrogen-bond acceptors (Lipinski definition) is 3. The third-order valence-electron chi connectivity index (χ3n) is 4.65. The quantitative estimate of drug-likeness (QED) is 0.826. The van der Waals surface area contributed by atoms with E-state index in [1.807, 2.05) is 0 Å². The Kier molecular flexibility index (Phi) is 4.12. The molecule has 0 radical (unpaired) electrons. The van der Waals surface area contributed by atoms with E-state index >= 15 is 0 Å². The molecule has 8 heteroatoms. The lowest BCUT2D eigenvalue weighted by molar-refractivity contribution is 0.0680. The maximum Gasteiger partial charge on any atom is 0.266 e. The number of carbonyl (C=O) groups excluding carboxylic acids is 1. The second-order valence-electron chi connectivity index (χ2n) is 5.91. The van der Waals surface area contributed by atoms with Crippen molar-refractivity contribution in [2.24, 2.45) is 0 Å². The second-order valence-corrected chi connectivity index (χ2v) is 8.25. The molecule has 23 heavy (non-hydrogen) atoms. The molecule has 0 spiro atoms. The summed E-state index contributed by atoms with van der Waals surface area (Å²) in [6.07, 6.45) is -1.32. The molecule has 1 aromatic rings. The van der Waals surface area contributed by atoms with Crippen molar-refractivity contribution in [1.82, 2.24) is 4.90 Å². The van der Waals surface area contributed by atoms with E-state index in [2.05, 4.69) is 0 Å². The van der Waals surface area contributed by atoms with E-state index in [1.54, 1.807) is 0 Å². The number of fused-ring (bicyclic) bond motifs is 1. The molecule has 4 nitrogen and oxygen atoms in total. The molecule has 0 aromatic heterocycles. The summed E-state index contributed by atoms with van der Waals surface area (Å²) in [4.78, 5) is 13.9. The Labute approximate surface area is 132 Å². The molecule has 1 amide bonds. The van der Waals surface area contributed by atoms with Gasteiger partial charge in [0.1, 0.15) is 5.82 Å². The van der Waals surface area contributed by atoms with Crippen molar-refractivity contribution in [3.8, 4) is 0 Å². The average molecular weight is 347 g/mol. The summed E-state index contributed by atoms with van der Waals surface area (Å²) >= 11 is 0. The number of nitrogens with zero attached hydrogens (tertiary/aromatic N) is 1. The largest absolute Gasteiger partial charge is 0.333 e. The number of benzene rings is 1. The lowest BCUT2D eigenvalue weighted by Gasteiger charge is -2.37. The van der Waals surface area contributed by atoms with E-state index < -0.39 is 50.4 Å². The first-order valence-corrected chi connectivity index (χ1v) is 9.13. The molecule has 1 heterocycles. The molecule has 0 bridgehead atoms. The lowest BCUT2D eigenvalue weighted by atomic mass is 10.1. The first-order valence-electron chi connectivity index (χ1n) is 7.42. The zero-order valence-electron chi connectivity index (χ0n) is 12.2. The molecule has 126 valence electrons. The normalized spacial score (nSPS) is 26.3. The standard InChI is InChI=1S/C15H16F3NO3S/c16-13-9(14(17)18)3-1-4-10(13)15(20)19-7-8-23(21,22)12-6-2-5-11(12)19/h1,3-4,11-12,14H,2,5-8H2. The van der Waals surface area contributed by atoms with E-state index in [4.69, 9.17) is 0 Å². The van der Waals surface area contributed by atoms with Gasteiger partial charge in [0.15, 0.2) is 9.84 Å². The molecular formula is C15H16F3NO3S.